The second-order valence-electron chi connectivity index (χ2n) is 5.58. The van der Waals surface area contributed by atoms with Crippen LogP contribution in [-0.4, -0.2) is 20.3 Å². The molecule has 0 unspecified atom stereocenters. The van der Waals surface area contributed by atoms with Crippen LogP contribution in [0.2, 0.25) is 0 Å². The van der Waals surface area contributed by atoms with E-state index < -0.39 is 0 Å². The van der Waals surface area contributed by atoms with Gasteiger partial charge in [-0.05, 0) is 50.5 Å². The fourth-order valence-electron chi connectivity index (χ4n) is 2.33. The largest absolute Gasteiger partial charge is 0.493 e. The number of benzene rings is 2. The van der Waals surface area contributed by atoms with Crippen molar-refractivity contribution in [1.82, 2.24) is 0 Å². The van der Waals surface area contributed by atoms with Crippen LogP contribution in [0.25, 0.3) is 0 Å². The number of methoxy groups -OCH3 is 1. The Morgan fingerprint density at radius 1 is 0.826 bits per heavy atom. The van der Waals surface area contributed by atoms with Gasteiger partial charge in [0.1, 0.15) is 5.75 Å². The Kier molecular flexibility index (Phi) is 6.15. The summed E-state index contributed by atoms with van der Waals surface area (Å²) in [4.78, 5) is 0. The molecule has 0 aliphatic heterocycles. The summed E-state index contributed by atoms with van der Waals surface area (Å²) in [6.45, 7) is 5.46. The molecule has 0 saturated carbocycles. The van der Waals surface area contributed by atoms with Crippen molar-refractivity contribution in [2.45, 2.75) is 26.7 Å². The van der Waals surface area contributed by atoms with Gasteiger partial charge in [-0.2, -0.15) is 0 Å². The van der Waals surface area contributed by atoms with Crippen LogP contribution in [0.1, 0.15) is 24.0 Å². The second-order valence-corrected chi connectivity index (χ2v) is 5.58. The van der Waals surface area contributed by atoms with Gasteiger partial charge in [-0.3, -0.25) is 0 Å². The summed E-state index contributed by atoms with van der Waals surface area (Å²) in [5.74, 6) is 2.34. The summed E-state index contributed by atoms with van der Waals surface area (Å²) in [6.07, 6.45) is 1.85. The van der Waals surface area contributed by atoms with Crippen LogP contribution in [0.15, 0.2) is 36.4 Å². The van der Waals surface area contributed by atoms with Crippen molar-refractivity contribution in [3.8, 4) is 17.2 Å². The molecule has 0 fully saturated rings. The zero-order chi connectivity index (χ0) is 16.7. The maximum atomic E-state index is 5.81. The number of rotatable bonds is 8. The SMILES string of the molecule is COc1cc(N)ccc1OCCCCOc1ccc(C)cc1C. The topological polar surface area (TPSA) is 53.7 Å². The van der Waals surface area contributed by atoms with Gasteiger partial charge in [-0.1, -0.05) is 17.7 Å². The van der Waals surface area contributed by atoms with Gasteiger partial charge in [0.25, 0.3) is 0 Å². The molecule has 4 heteroatoms. The first kappa shape index (κ1) is 17.0. The van der Waals surface area contributed by atoms with Gasteiger partial charge < -0.3 is 19.9 Å². The lowest BCUT2D eigenvalue weighted by molar-refractivity contribution is 0.258. The van der Waals surface area contributed by atoms with Crippen molar-refractivity contribution in [3.63, 3.8) is 0 Å². The van der Waals surface area contributed by atoms with Crippen LogP contribution in [0.3, 0.4) is 0 Å². The summed E-state index contributed by atoms with van der Waals surface area (Å²) < 4.78 is 16.8. The number of anilines is 1. The number of hydrogen-bond donors (Lipinski definition) is 1. The monoisotopic (exact) mass is 315 g/mol. The van der Waals surface area contributed by atoms with Crippen molar-refractivity contribution >= 4 is 5.69 Å². The quantitative estimate of drug-likeness (QED) is 0.588. The normalized spacial score (nSPS) is 10.4. The van der Waals surface area contributed by atoms with Gasteiger partial charge >= 0.3 is 0 Å². The standard InChI is InChI=1S/C19H25NO3/c1-14-6-8-17(15(2)12-14)22-10-4-5-11-23-18-9-7-16(20)13-19(18)21-3/h6-9,12-13H,4-5,10-11,20H2,1-3H3. The maximum Gasteiger partial charge on any atom is 0.162 e. The smallest absolute Gasteiger partial charge is 0.162 e. The third-order valence-electron chi connectivity index (χ3n) is 3.57. The van der Waals surface area contributed by atoms with Crippen molar-refractivity contribution in [1.29, 1.82) is 0 Å². The van der Waals surface area contributed by atoms with Gasteiger partial charge in [0.2, 0.25) is 0 Å². The average Bonchev–Trinajstić information content (AvgIpc) is 2.53. The number of hydrogen-bond acceptors (Lipinski definition) is 4. The molecule has 0 bridgehead atoms. The number of nitrogen functional groups attached to an aromatic ring is 1. The molecule has 0 aliphatic carbocycles. The van der Waals surface area contributed by atoms with E-state index in [-0.39, 0.29) is 0 Å². The number of unbranched alkanes of at least 4 members (excludes halogenated alkanes) is 1. The van der Waals surface area contributed by atoms with E-state index in [9.17, 15) is 0 Å². The van der Waals surface area contributed by atoms with E-state index in [1.54, 1.807) is 19.2 Å². The Balaban J connectivity index is 1.70. The lowest BCUT2D eigenvalue weighted by Gasteiger charge is -2.12. The van der Waals surface area contributed by atoms with Gasteiger partial charge in [0.05, 0.1) is 20.3 Å². The van der Waals surface area contributed by atoms with E-state index in [1.807, 2.05) is 12.1 Å². The molecule has 0 spiro atoms. The van der Waals surface area contributed by atoms with Gasteiger partial charge in [-0.25, -0.2) is 0 Å². The molecular formula is C19H25NO3. The van der Waals surface area contributed by atoms with Crippen LogP contribution in [0.4, 0.5) is 5.69 Å². The minimum atomic E-state index is 0.622. The first-order valence-electron chi connectivity index (χ1n) is 7.86. The van der Waals surface area contributed by atoms with E-state index in [0.29, 0.717) is 24.7 Å². The minimum Gasteiger partial charge on any atom is -0.493 e. The molecule has 0 aliphatic rings. The minimum absolute atomic E-state index is 0.622. The Bertz CT molecular complexity index is 641. The molecule has 2 rings (SSSR count). The fourth-order valence-corrected chi connectivity index (χ4v) is 2.33. The van der Waals surface area contributed by atoms with E-state index in [1.165, 1.54) is 11.1 Å². The highest BCUT2D eigenvalue weighted by molar-refractivity contribution is 5.51. The third kappa shape index (κ3) is 5.09. The molecule has 0 atom stereocenters. The Morgan fingerprint density at radius 2 is 1.48 bits per heavy atom. The highest BCUT2D eigenvalue weighted by atomic mass is 16.5. The zero-order valence-corrected chi connectivity index (χ0v) is 14.1. The van der Waals surface area contributed by atoms with Crippen molar-refractivity contribution in [2.24, 2.45) is 0 Å². The molecule has 2 aromatic carbocycles. The molecular weight excluding hydrogens is 290 g/mol. The first-order chi connectivity index (χ1) is 11.1. The lowest BCUT2D eigenvalue weighted by Crippen LogP contribution is -2.04. The maximum absolute atomic E-state index is 5.81. The summed E-state index contributed by atoms with van der Waals surface area (Å²) in [7, 11) is 1.61. The number of ether oxygens (including phenoxy) is 3. The van der Waals surface area contributed by atoms with Gasteiger partial charge in [0.15, 0.2) is 11.5 Å². The van der Waals surface area contributed by atoms with Gasteiger partial charge in [0, 0.05) is 11.8 Å². The Labute approximate surface area is 138 Å². The predicted octanol–water partition coefficient (Wildman–Crippen LogP) is 4.13. The summed E-state index contributed by atoms with van der Waals surface area (Å²) in [6, 6.07) is 11.6. The van der Waals surface area contributed by atoms with E-state index >= 15 is 0 Å². The first-order valence-corrected chi connectivity index (χ1v) is 7.86. The molecule has 0 amide bonds. The zero-order valence-electron chi connectivity index (χ0n) is 14.1. The molecule has 0 aromatic heterocycles. The van der Waals surface area contributed by atoms with E-state index in [0.717, 1.165) is 24.3 Å². The Hall–Kier alpha value is -2.36. The van der Waals surface area contributed by atoms with E-state index in [4.69, 9.17) is 19.9 Å². The molecule has 2 N–H and O–H groups in total. The lowest BCUT2D eigenvalue weighted by atomic mass is 10.1. The molecule has 0 saturated heterocycles. The van der Waals surface area contributed by atoms with Crippen LogP contribution < -0.4 is 19.9 Å². The Morgan fingerprint density at radius 3 is 2.13 bits per heavy atom. The van der Waals surface area contributed by atoms with Crippen LogP contribution in [0, 0.1) is 13.8 Å². The van der Waals surface area contributed by atoms with Crippen molar-refractivity contribution in [2.75, 3.05) is 26.1 Å². The predicted molar refractivity (Wildman–Crippen MR) is 93.5 cm³/mol. The molecule has 2 aromatic rings. The fraction of sp³-hybridized carbons (Fsp3) is 0.368. The van der Waals surface area contributed by atoms with Crippen molar-refractivity contribution < 1.29 is 14.2 Å². The highest BCUT2D eigenvalue weighted by Crippen LogP contribution is 2.29. The molecule has 4 nitrogen and oxygen atoms in total. The average molecular weight is 315 g/mol. The summed E-state index contributed by atoms with van der Waals surface area (Å²) in [5, 5.41) is 0. The summed E-state index contributed by atoms with van der Waals surface area (Å²) in [5.41, 5.74) is 8.81. The van der Waals surface area contributed by atoms with Crippen LogP contribution in [-0.2, 0) is 0 Å². The highest BCUT2D eigenvalue weighted by Gasteiger charge is 2.04. The molecule has 0 radical (unpaired) electrons. The second kappa shape index (κ2) is 8.32. The molecule has 0 heterocycles. The molecule has 23 heavy (non-hydrogen) atoms. The van der Waals surface area contributed by atoms with Crippen LogP contribution in [0.5, 0.6) is 17.2 Å². The van der Waals surface area contributed by atoms with E-state index in [2.05, 4.69) is 26.0 Å². The van der Waals surface area contributed by atoms with Crippen LogP contribution >= 0.6 is 0 Å². The number of nitrogens with two attached hydrogens (primary N) is 1. The third-order valence-corrected chi connectivity index (χ3v) is 3.57. The van der Waals surface area contributed by atoms with Gasteiger partial charge in [-0.15, -0.1) is 0 Å². The number of aryl methyl sites for hydroxylation is 2. The summed E-state index contributed by atoms with van der Waals surface area (Å²) >= 11 is 0. The molecule has 124 valence electrons. The van der Waals surface area contributed by atoms with Crippen molar-refractivity contribution in [3.05, 3.63) is 47.5 Å².